The van der Waals surface area contributed by atoms with Gasteiger partial charge in [-0.15, -0.1) is 0 Å². The molecule has 0 unspecified atom stereocenters. The van der Waals surface area contributed by atoms with E-state index in [-0.39, 0.29) is 37.4 Å². The Morgan fingerprint density at radius 3 is 2.24 bits per heavy atom. The van der Waals surface area contributed by atoms with Crippen LogP contribution in [-0.4, -0.2) is 61.6 Å². The number of benzene rings is 1. The van der Waals surface area contributed by atoms with Gasteiger partial charge < -0.3 is 10.6 Å². The molecule has 3 heterocycles. The van der Waals surface area contributed by atoms with E-state index >= 15 is 0 Å². The van der Waals surface area contributed by atoms with Crippen molar-refractivity contribution in [2.24, 2.45) is 16.8 Å². The van der Waals surface area contributed by atoms with Gasteiger partial charge in [0.15, 0.2) is 0 Å². The van der Waals surface area contributed by atoms with Gasteiger partial charge in [0.1, 0.15) is 11.4 Å². The van der Waals surface area contributed by atoms with Gasteiger partial charge in [-0.3, -0.25) is 14.6 Å². The van der Waals surface area contributed by atoms with Crippen LogP contribution in [0.2, 0.25) is 0 Å². The number of amides is 4. The van der Waals surface area contributed by atoms with Gasteiger partial charge in [-0.25, -0.2) is 18.1 Å². The summed E-state index contributed by atoms with van der Waals surface area (Å²) in [5.74, 6) is 1.36. The largest absolute Gasteiger partial charge is 0.329 e. The molecule has 1 spiro atoms. The van der Waals surface area contributed by atoms with Crippen molar-refractivity contribution in [1.29, 1.82) is 0 Å². The van der Waals surface area contributed by atoms with Crippen LogP contribution in [0.15, 0.2) is 22.5 Å². The molecule has 0 radical (unpaired) electrons. The van der Waals surface area contributed by atoms with Crippen LogP contribution in [0.3, 0.4) is 0 Å². The van der Waals surface area contributed by atoms with Crippen molar-refractivity contribution in [3.8, 4) is 0 Å². The molecule has 4 amide bonds. The first kappa shape index (κ1) is 26.6. The summed E-state index contributed by atoms with van der Waals surface area (Å²) in [4.78, 5) is 43.1. The normalized spacial score (nSPS) is 26.2. The highest BCUT2D eigenvalue weighted by molar-refractivity contribution is 7.92. The van der Waals surface area contributed by atoms with Gasteiger partial charge in [0.25, 0.3) is 11.8 Å². The van der Waals surface area contributed by atoms with Gasteiger partial charge in [-0.1, -0.05) is 19.8 Å². The van der Waals surface area contributed by atoms with Crippen LogP contribution >= 0.6 is 0 Å². The summed E-state index contributed by atoms with van der Waals surface area (Å²) in [5.41, 5.74) is 1.70. The molecule has 204 valence electrons. The predicted octanol–water partition coefficient (Wildman–Crippen LogP) is 2.85. The minimum Gasteiger partial charge on any atom is -0.328 e. The average Bonchev–Trinajstić information content (AvgIpc) is 3.37. The molecular formula is C27H35N5O5S. The first-order chi connectivity index (χ1) is 18.0. The fourth-order valence-electron chi connectivity index (χ4n) is 6.06. The van der Waals surface area contributed by atoms with Gasteiger partial charge in [0, 0.05) is 24.4 Å². The first-order valence-corrected chi connectivity index (χ1v) is 14.8. The highest BCUT2D eigenvalue weighted by Crippen LogP contribution is 2.36. The van der Waals surface area contributed by atoms with E-state index in [2.05, 4.69) is 17.6 Å². The minimum absolute atomic E-state index is 0.0388. The van der Waals surface area contributed by atoms with Gasteiger partial charge in [-0.05, 0) is 80.3 Å². The monoisotopic (exact) mass is 541 g/mol. The highest BCUT2D eigenvalue weighted by Gasteiger charge is 2.48. The van der Waals surface area contributed by atoms with Crippen LogP contribution in [0.1, 0.15) is 62.1 Å². The summed E-state index contributed by atoms with van der Waals surface area (Å²) in [7, 11) is -3.71. The van der Waals surface area contributed by atoms with E-state index in [1.54, 1.807) is 26.0 Å². The van der Waals surface area contributed by atoms with Gasteiger partial charge >= 0.3 is 6.03 Å². The second-order valence-corrected chi connectivity index (χ2v) is 12.9. The predicted molar refractivity (Wildman–Crippen MR) is 145 cm³/mol. The number of urea groups is 1. The number of nitrogens with zero attached hydrogens (tertiary/aromatic N) is 3. The Labute approximate surface area is 223 Å². The SMILES string of the molecule is Cc1cc(C=CS(=O)(=O)N2CCC3(CC2)N=C(C2CCC(C)CC2)NC3=O)cc(C)c1N1C(=O)CNC1=O. The van der Waals surface area contributed by atoms with Crippen molar-refractivity contribution in [2.45, 2.75) is 64.8 Å². The Bertz CT molecular complexity index is 1300. The molecule has 0 atom stereocenters. The van der Waals surface area contributed by atoms with Crippen LogP contribution in [0.5, 0.6) is 0 Å². The van der Waals surface area contributed by atoms with Gasteiger partial charge in [-0.2, -0.15) is 4.31 Å². The molecule has 1 saturated carbocycles. The summed E-state index contributed by atoms with van der Waals surface area (Å²) in [6.45, 7) is 6.23. The fourth-order valence-corrected chi connectivity index (χ4v) is 7.25. The van der Waals surface area contributed by atoms with Crippen molar-refractivity contribution >= 4 is 45.5 Å². The number of aliphatic imine (C=N–C) groups is 1. The lowest BCUT2D eigenvalue weighted by atomic mass is 9.82. The Hall–Kier alpha value is -3.05. The Balaban J connectivity index is 1.26. The van der Waals surface area contributed by atoms with Crippen molar-refractivity contribution < 1.29 is 22.8 Å². The number of carbonyl (C=O) groups excluding carboxylic acids is 3. The van der Waals surface area contributed by atoms with E-state index in [0.29, 0.717) is 41.1 Å². The number of amidine groups is 1. The summed E-state index contributed by atoms with van der Waals surface area (Å²) in [6.07, 6.45) is 6.58. The van der Waals surface area contributed by atoms with Crippen LogP contribution in [-0.2, 0) is 19.6 Å². The number of sulfonamides is 1. The lowest BCUT2D eigenvalue weighted by molar-refractivity contribution is -0.125. The smallest absolute Gasteiger partial charge is 0.328 e. The van der Waals surface area contributed by atoms with Crippen molar-refractivity contribution in [3.05, 3.63) is 34.2 Å². The van der Waals surface area contributed by atoms with Crippen LogP contribution in [0.4, 0.5) is 10.5 Å². The number of imide groups is 1. The molecule has 3 aliphatic heterocycles. The molecule has 5 rings (SSSR count). The number of nitrogens with one attached hydrogen (secondary N) is 2. The summed E-state index contributed by atoms with van der Waals surface area (Å²) < 4.78 is 27.6. The van der Waals surface area contributed by atoms with Crippen LogP contribution < -0.4 is 15.5 Å². The Morgan fingerprint density at radius 2 is 1.66 bits per heavy atom. The zero-order chi connectivity index (χ0) is 27.2. The molecule has 0 aromatic heterocycles. The summed E-state index contributed by atoms with van der Waals surface area (Å²) in [6, 6.07) is 3.04. The van der Waals surface area contributed by atoms with E-state index in [1.807, 2.05) is 0 Å². The maximum Gasteiger partial charge on any atom is 0.329 e. The van der Waals surface area contributed by atoms with E-state index in [9.17, 15) is 22.8 Å². The van der Waals surface area contributed by atoms with Crippen LogP contribution in [0.25, 0.3) is 6.08 Å². The third kappa shape index (κ3) is 4.89. The Morgan fingerprint density at radius 1 is 1.03 bits per heavy atom. The lowest BCUT2D eigenvalue weighted by Crippen LogP contribution is -2.50. The molecule has 1 aromatic carbocycles. The lowest BCUT2D eigenvalue weighted by Gasteiger charge is -2.34. The minimum atomic E-state index is -3.71. The molecule has 4 aliphatic rings. The standard InChI is InChI=1S/C27H35N5O5S/c1-17-4-6-21(7-5-17)24-29-25(34)27(30-24)9-11-31(12-10-27)38(36,37)13-8-20-14-18(2)23(19(3)15-20)32-22(33)16-28-26(32)35/h8,13-15,17,21H,4-7,9-12,16H2,1-3H3,(H,28,35)(H,29,30,34). The van der Waals surface area contributed by atoms with E-state index in [1.165, 1.54) is 15.8 Å². The number of hydrogen-bond donors (Lipinski definition) is 2. The Kier molecular flexibility index (Phi) is 6.93. The average molecular weight is 542 g/mol. The zero-order valence-electron chi connectivity index (χ0n) is 22.1. The molecule has 0 bridgehead atoms. The maximum atomic E-state index is 13.1. The summed E-state index contributed by atoms with van der Waals surface area (Å²) >= 11 is 0. The molecule has 38 heavy (non-hydrogen) atoms. The van der Waals surface area contributed by atoms with E-state index < -0.39 is 21.6 Å². The van der Waals surface area contributed by atoms with E-state index in [0.717, 1.165) is 36.4 Å². The molecule has 1 aliphatic carbocycles. The first-order valence-electron chi connectivity index (χ1n) is 13.3. The molecule has 2 saturated heterocycles. The van der Waals surface area contributed by atoms with Crippen molar-refractivity contribution in [3.63, 3.8) is 0 Å². The second kappa shape index (κ2) is 9.92. The zero-order valence-corrected chi connectivity index (χ0v) is 22.9. The number of aryl methyl sites for hydroxylation is 2. The van der Waals surface area contributed by atoms with Crippen molar-refractivity contribution in [1.82, 2.24) is 14.9 Å². The number of rotatable bonds is 5. The molecule has 10 nitrogen and oxygen atoms in total. The van der Waals surface area contributed by atoms with Gasteiger partial charge in [0.2, 0.25) is 10.0 Å². The van der Waals surface area contributed by atoms with Crippen molar-refractivity contribution in [2.75, 3.05) is 24.5 Å². The second-order valence-electron chi connectivity index (χ2n) is 11.1. The third-order valence-electron chi connectivity index (χ3n) is 8.32. The quantitative estimate of drug-likeness (QED) is 0.554. The van der Waals surface area contributed by atoms with E-state index in [4.69, 9.17) is 4.99 Å². The molecular weight excluding hydrogens is 506 g/mol. The molecule has 1 aromatic rings. The topological polar surface area (TPSA) is 128 Å². The van der Waals surface area contributed by atoms with Crippen LogP contribution in [0, 0.1) is 25.7 Å². The number of carbonyl (C=O) groups is 3. The van der Waals surface area contributed by atoms with Gasteiger partial charge in [0.05, 0.1) is 12.2 Å². The maximum absolute atomic E-state index is 13.1. The number of anilines is 1. The fraction of sp³-hybridized carbons (Fsp3) is 0.556. The third-order valence-corrected chi connectivity index (χ3v) is 9.89. The molecule has 3 fully saturated rings. The highest BCUT2D eigenvalue weighted by atomic mass is 32.2. The number of piperidine rings is 1. The molecule has 2 N–H and O–H groups in total. The number of hydrogen-bond acceptors (Lipinski definition) is 6. The molecule has 11 heteroatoms. The summed E-state index contributed by atoms with van der Waals surface area (Å²) in [5, 5.41) is 6.71.